The van der Waals surface area contributed by atoms with Crippen LogP contribution in [-0.2, 0) is 23.3 Å². The van der Waals surface area contributed by atoms with Gasteiger partial charge in [-0.15, -0.1) is 0 Å². The molecule has 5 rings (SSSR count). The number of hydrogen-bond acceptors (Lipinski definition) is 3. The summed E-state index contributed by atoms with van der Waals surface area (Å²) < 4.78 is 0. The standard InChI is InChI=1S/C24H33N5O2Si/c1-23(2)19-17(15-29(23)22(31)28-14-11-16-9-6-7-10-18(16)28)20(27-26-19)25-21(30)24(12-8-13-24)32(3,4)5/h6-7,9-10H,8,11-15H2,1-5H3,(H2,25,26,27,30). The van der Waals surface area contributed by atoms with Crippen molar-refractivity contribution in [1.29, 1.82) is 0 Å². The van der Waals surface area contributed by atoms with Gasteiger partial charge in [-0.25, -0.2) is 4.79 Å². The predicted molar refractivity (Wildman–Crippen MR) is 129 cm³/mol. The first-order chi connectivity index (χ1) is 15.1. The van der Waals surface area contributed by atoms with Gasteiger partial charge in [-0.2, -0.15) is 5.10 Å². The lowest BCUT2D eigenvalue weighted by Crippen LogP contribution is -2.52. The molecular weight excluding hydrogens is 418 g/mol. The van der Waals surface area contributed by atoms with Crippen molar-refractivity contribution in [3.8, 4) is 0 Å². The third kappa shape index (κ3) is 2.88. The van der Waals surface area contributed by atoms with E-state index in [2.05, 4.69) is 41.2 Å². The smallest absolute Gasteiger partial charge is 0.309 e. The molecule has 1 fully saturated rings. The number of fused-ring (bicyclic) bond motifs is 2. The van der Waals surface area contributed by atoms with Crippen LogP contribution in [0, 0.1) is 0 Å². The molecule has 170 valence electrons. The molecule has 0 atom stereocenters. The van der Waals surface area contributed by atoms with Crippen LogP contribution in [0.2, 0.25) is 24.7 Å². The average Bonchev–Trinajstić information content (AvgIpc) is 3.33. The summed E-state index contributed by atoms with van der Waals surface area (Å²) in [6.07, 6.45) is 3.92. The van der Waals surface area contributed by atoms with Crippen LogP contribution in [-0.4, -0.2) is 41.7 Å². The normalized spacial score (nSPS) is 20.5. The van der Waals surface area contributed by atoms with Crippen molar-refractivity contribution >= 4 is 31.5 Å². The molecule has 0 saturated heterocycles. The number of rotatable bonds is 3. The number of anilines is 2. The lowest BCUT2D eigenvalue weighted by molar-refractivity contribution is -0.121. The number of nitrogens with one attached hydrogen (secondary N) is 2. The molecule has 7 nitrogen and oxygen atoms in total. The highest BCUT2D eigenvalue weighted by atomic mass is 28.3. The zero-order valence-electron chi connectivity index (χ0n) is 19.7. The molecule has 3 aliphatic rings. The van der Waals surface area contributed by atoms with E-state index in [0.717, 1.165) is 42.6 Å². The molecule has 2 aliphatic heterocycles. The van der Waals surface area contributed by atoms with Gasteiger partial charge in [0.05, 0.1) is 25.9 Å². The fourth-order valence-corrected chi connectivity index (χ4v) is 8.28. The van der Waals surface area contributed by atoms with Gasteiger partial charge >= 0.3 is 6.03 Å². The van der Waals surface area contributed by atoms with E-state index in [0.29, 0.717) is 18.9 Å². The van der Waals surface area contributed by atoms with Crippen LogP contribution in [0.3, 0.4) is 0 Å². The summed E-state index contributed by atoms with van der Waals surface area (Å²) in [5.41, 5.74) is 3.51. The Morgan fingerprint density at radius 3 is 2.53 bits per heavy atom. The highest BCUT2D eigenvalue weighted by molar-refractivity contribution is 6.83. The molecule has 32 heavy (non-hydrogen) atoms. The van der Waals surface area contributed by atoms with Gasteiger partial charge in [0.2, 0.25) is 5.91 Å². The van der Waals surface area contributed by atoms with Crippen LogP contribution >= 0.6 is 0 Å². The van der Waals surface area contributed by atoms with Crippen molar-refractivity contribution in [2.45, 2.75) is 76.3 Å². The fourth-order valence-electron chi connectivity index (χ4n) is 5.68. The van der Waals surface area contributed by atoms with Gasteiger partial charge in [0.25, 0.3) is 0 Å². The minimum absolute atomic E-state index is 0.000566. The van der Waals surface area contributed by atoms with E-state index in [1.54, 1.807) is 0 Å². The van der Waals surface area contributed by atoms with Crippen LogP contribution in [0.25, 0.3) is 0 Å². The maximum absolute atomic E-state index is 13.6. The van der Waals surface area contributed by atoms with E-state index in [4.69, 9.17) is 0 Å². The molecule has 0 radical (unpaired) electrons. The van der Waals surface area contributed by atoms with E-state index in [1.165, 1.54) is 5.56 Å². The predicted octanol–water partition coefficient (Wildman–Crippen LogP) is 4.84. The number of hydrogen-bond donors (Lipinski definition) is 2. The lowest BCUT2D eigenvalue weighted by Gasteiger charge is -2.48. The summed E-state index contributed by atoms with van der Waals surface area (Å²) in [7, 11) is -1.68. The zero-order valence-corrected chi connectivity index (χ0v) is 20.7. The van der Waals surface area contributed by atoms with E-state index >= 15 is 0 Å². The average molecular weight is 452 g/mol. The van der Waals surface area contributed by atoms with Crippen LogP contribution in [0.5, 0.6) is 0 Å². The Morgan fingerprint density at radius 2 is 1.88 bits per heavy atom. The summed E-state index contributed by atoms with van der Waals surface area (Å²) >= 11 is 0. The summed E-state index contributed by atoms with van der Waals surface area (Å²) in [6, 6.07) is 8.11. The van der Waals surface area contributed by atoms with Crippen LogP contribution in [0.4, 0.5) is 16.3 Å². The van der Waals surface area contributed by atoms with E-state index in [-0.39, 0.29) is 17.0 Å². The first-order valence-corrected chi connectivity index (χ1v) is 15.1. The van der Waals surface area contributed by atoms with Gasteiger partial charge in [0, 0.05) is 22.8 Å². The molecule has 1 aromatic carbocycles. The first kappa shape index (κ1) is 21.2. The van der Waals surface area contributed by atoms with Gasteiger partial charge in [-0.1, -0.05) is 44.3 Å². The van der Waals surface area contributed by atoms with Crippen molar-refractivity contribution in [3.05, 3.63) is 41.1 Å². The molecule has 3 amide bonds. The Hall–Kier alpha value is -2.61. The van der Waals surface area contributed by atoms with Crippen molar-refractivity contribution in [2.75, 3.05) is 16.8 Å². The zero-order chi connectivity index (χ0) is 22.9. The summed E-state index contributed by atoms with van der Waals surface area (Å²) in [5.74, 6) is 0.688. The second-order valence-electron chi connectivity index (χ2n) is 11.0. The van der Waals surface area contributed by atoms with Crippen molar-refractivity contribution in [3.63, 3.8) is 0 Å². The number of H-pyrrole nitrogens is 1. The molecule has 1 aliphatic carbocycles. The fraction of sp³-hybridized carbons (Fsp3) is 0.542. The Bertz CT molecular complexity index is 1100. The molecule has 2 N–H and O–H groups in total. The number of carbonyl (C=O) groups excluding carboxylic acids is 2. The topological polar surface area (TPSA) is 81.3 Å². The maximum Gasteiger partial charge on any atom is 0.325 e. The molecule has 0 unspecified atom stereocenters. The molecule has 0 bridgehead atoms. The first-order valence-electron chi connectivity index (χ1n) is 11.6. The number of benzene rings is 1. The highest BCUT2D eigenvalue weighted by Gasteiger charge is 2.54. The molecular formula is C24H33N5O2Si. The minimum Gasteiger partial charge on any atom is -0.309 e. The molecule has 2 aromatic rings. The second kappa shape index (κ2) is 6.94. The van der Waals surface area contributed by atoms with Crippen molar-refractivity contribution < 1.29 is 9.59 Å². The van der Waals surface area contributed by atoms with E-state index in [1.807, 2.05) is 41.8 Å². The van der Waals surface area contributed by atoms with Crippen LogP contribution < -0.4 is 10.2 Å². The Labute approximate surface area is 190 Å². The number of carbonyl (C=O) groups is 2. The lowest BCUT2D eigenvalue weighted by atomic mass is 9.83. The maximum atomic E-state index is 13.6. The van der Waals surface area contributed by atoms with Crippen molar-refractivity contribution in [1.82, 2.24) is 15.1 Å². The number of aromatic nitrogens is 2. The number of urea groups is 1. The summed E-state index contributed by atoms with van der Waals surface area (Å²) in [6.45, 7) is 12.0. The SMILES string of the molecule is CC1(C)c2[nH]nc(NC(=O)C3([Si](C)(C)C)CCC3)c2CN1C(=O)N1CCc2ccccc21. The number of amides is 3. The second-order valence-corrected chi connectivity index (χ2v) is 16.5. The summed E-state index contributed by atoms with van der Waals surface area (Å²) in [4.78, 5) is 30.7. The monoisotopic (exact) mass is 451 g/mol. The summed E-state index contributed by atoms with van der Waals surface area (Å²) in [5, 5.41) is 10.5. The number of nitrogens with zero attached hydrogens (tertiary/aromatic N) is 3. The minimum atomic E-state index is -1.68. The Morgan fingerprint density at radius 1 is 1.16 bits per heavy atom. The van der Waals surface area contributed by atoms with E-state index < -0.39 is 13.6 Å². The molecule has 1 saturated carbocycles. The van der Waals surface area contributed by atoms with Gasteiger partial charge in [-0.3, -0.25) is 14.8 Å². The highest BCUT2D eigenvalue weighted by Crippen LogP contribution is 2.56. The van der Waals surface area contributed by atoms with Gasteiger partial charge in [0.1, 0.15) is 0 Å². The van der Waals surface area contributed by atoms with Crippen molar-refractivity contribution in [2.24, 2.45) is 0 Å². The van der Waals surface area contributed by atoms with E-state index in [9.17, 15) is 9.59 Å². The number of aromatic amines is 1. The molecule has 8 heteroatoms. The molecule has 3 heterocycles. The van der Waals surface area contributed by atoms with Gasteiger partial charge in [0.15, 0.2) is 5.82 Å². The Kier molecular flexibility index (Phi) is 4.61. The van der Waals surface area contributed by atoms with Crippen LogP contribution in [0.15, 0.2) is 24.3 Å². The van der Waals surface area contributed by atoms with Gasteiger partial charge < -0.3 is 10.2 Å². The van der Waals surface area contributed by atoms with Gasteiger partial charge in [-0.05, 0) is 44.7 Å². The number of para-hydroxylation sites is 1. The molecule has 0 spiro atoms. The van der Waals surface area contributed by atoms with Crippen LogP contribution in [0.1, 0.15) is 49.9 Å². The largest absolute Gasteiger partial charge is 0.325 e. The quantitative estimate of drug-likeness (QED) is 0.655. The Balaban J connectivity index is 1.40. The molecule has 1 aromatic heterocycles. The third-order valence-corrected chi connectivity index (χ3v) is 11.7. The third-order valence-electron chi connectivity index (χ3n) is 8.13.